The van der Waals surface area contributed by atoms with E-state index in [1.165, 1.54) is 0 Å². The second-order valence-corrected chi connectivity index (χ2v) is 12.7. The summed E-state index contributed by atoms with van der Waals surface area (Å²) in [6, 6.07) is 19.6. The van der Waals surface area contributed by atoms with Crippen molar-refractivity contribution in [2.45, 2.75) is 63.6 Å². The summed E-state index contributed by atoms with van der Waals surface area (Å²) in [6.45, 7) is 1.68. The summed E-state index contributed by atoms with van der Waals surface area (Å²) in [5, 5.41) is 10.6. The Bertz CT molecular complexity index is 1250. The Hall–Kier alpha value is -3.17. The van der Waals surface area contributed by atoms with Gasteiger partial charge >= 0.3 is 6.03 Å². The van der Waals surface area contributed by atoms with Crippen molar-refractivity contribution in [2.24, 2.45) is 5.41 Å². The molecule has 0 bridgehead atoms. The van der Waals surface area contributed by atoms with E-state index in [4.69, 9.17) is 0 Å². The summed E-state index contributed by atoms with van der Waals surface area (Å²) in [6.07, 6.45) is 9.17. The molecule has 2 fully saturated rings. The molecule has 2 aromatic carbocycles. The van der Waals surface area contributed by atoms with E-state index < -0.39 is 22.0 Å². The van der Waals surface area contributed by atoms with Gasteiger partial charge in [0, 0.05) is 32.5 Å². The van der Waals surface area contributed by atoms with Crippen LogP contribution in [-0.4, -0.2) is 66.8 Å². The first kappa shape index (κ1) is 28.8. The SMILES string of the molecule is CS(=O)(=O)NC(=O)CCC1(CCCN2C(=O)N(Cc3ccccc3)CC2C=CC(O)Cc2ccccc2)CC1. The summed E-state index contributed by atoms with van der Waals surface area (Å²) in [7, 11) is -3.54. The van der Waals surface area contributed by atoms with Gasteiger partial charge < -0.3 is 14.9 Å². The van der Waals surface area contributed by atoms with Crippen LogP contribution in [0.2, 0.25) is 0 Å². The van der Waals surface area contributed by atoms with Gasteiger partial charge in [-0.15, -0.1) is 0 Å². The van der Waals surface area contributed by atoms with E-state index in [-0.39, 0.29) is 23.9 Å². The molecule has 2 aromatic rings. The van der Waals surface area contributed by atoms with E-state index in [2.05, 4.69) is 0 Å². The summed E-state index contributed by atoms with van der Waals surface area (Å²) in [5.74, 6) is -0.464. The topological polar surface area (TPSA) is 107 Å². The molecular formula is C30H39N3O5S. The number of sulfonamides is 1. The fourth-order valence-corrected chi connectivity index (χ4v) is 5.85. The van der Waals surface area contributed by atoms with Gasteiger partial charge in [-0.2, -0.15) is 0 Å². The first-order valence-electron chi connectivity index (χ1n) is 13.6. The lowest BCUT2D eigenvalue weighted by Crippen LogP contribution is -2.35. The zero-order chi connectivity index (χ0) is 27.9. The van der Waals surface area contributed by atoms with E-state index >= 15 is 0 Å². The van der Waals surface area contributed by atoms with Crippen LogP contribution in [0.25, 0.3) is 0 Å². The van der Waals surface area contributed by atoms with Crippen LogP contribution in [0.1, 0.15) is 49.7 Å². The van der Waals surface area contributed by atoms with Gasteiger partial charge in [-0.25, -0.2) is 13.2 Å². The summed E-state index contributed by atoms with van der Waals surface area (Å²) in [5.41, 5.74) is 2.18. The monoisotopic (exact) mass is 553 g/mol. The van der Waals surface area contributed by atoms with Crippen LogP contribution in [0.3, 0.4) is 0 Å². The van der Waals surface area contributed by atoms with Crippen molar-refractivity contribution in [3.8, 4) is 0 Å². The van der Waals surface area contributed by atoms with Crippen LogP contribution in [0.15, 0.2) is 72.8 Å². The molecule has 9 heteroatoms. The second-order valence-electron chi connectivity index (χ2n) is 11.0. The normalized spacial score (nSPS) is 19.4. The first-order valence-corrected chi connectivity index (χ1v) is 15.5. The van der Waals surface area contributed by atoms with Gasteiger partial charge in [0.1, 0.15) is 0 Å². The molecule has 210 valence electrons. The van der Waals surface area contributed by atoms with E-state index in [0.717, 1.165) is 43.1 Å². The Kier molecular flexibility index (Phi) is 9.45. The largest absolute Gasteiger partial charge is 0.389 e. The van der Waals surface area contributed by atoms with Crippen LogP contribution >= 0.6 is 0 Å². The third-order valence-corrected chi connectivity index (χ3v) is 8.23. The molecule has 1 aliphatic heterocycles. The van der Waals surface area contributed by atoms with Gasteiger partial charge in [-0.05, 0) is 48.6 Å². The van der Waals surface area contributed by atoms with E-state index in [0.29, 0.717) is 32.5 Å². The van der Waals surface area contributed by atoms with E-state index in [1.54, 1.807) is 6.08 Å². The maximum Gasteiger partial charge on any atom is 0.320 e. The predicted octanol–water partition coefficient (Wildman–Crippen LogP) is 3.87. The molecule has 2 aliphatic rings. The lowest BCUT2D eigenvalue weighted by Gasteiger charge is -2.23. The zero-order valence-corrected chi connectivity index (χ0v) is 23.4. The van der Waals surface area contributed by atoms with Gasteiger partial charge in [0.15, 0.2) is 0 Å². The highest BCUT2D eigenvalue weighted by atomic mass is 32.2. The molecule has 3 amide bonds. The molecule has 2 atom stereocenters. The molecule has 2 unspecified atom stereocenters. The Morgan fingerprint density at radius 2 is 1.72 bits per heavy atom. The van der Waals surface area contributed by atoms with Gasteiger partial charge in [0.05, 0.1) is 18.4 Å². The standard InChI is InChI=1S/C30H39N3O5S/c1-39(37,38)31-28(35)15-17-30(18-19-30)16-8-20-33-26(13-14-27(34)21-24-9-4-2-5-10-24)23-32(29(33)36)22-25-11-6-3-7-12-25/h2-7,9-14,26-27,34H,8,15-23H2,1H3,(H,31,35). The lowest BCUT2D eigenvalue weighted by molar-refractivity contribution is -0.119. The number of benzene rings is 2. The highest BCUT2D eigenvalue weighted by Crippen LogP contribution is 2.53. The van der Waals surface area contributed by atoms with Crippen LogP contribution in [0.4, 0.5) is 4.79 Å². The third kappa shape index (κ3) is 8.93. The highest BCUT2D eigenvalue weighted by Gasteiger charge is 2.42. The quantitative estimate of drug-likeness (QED) is 0.346. The maximum absolute atomic E-state index is 13.4. The Balaban J connectivity index is 1.35. The fourth-order valence-electron chi connectivity index (χ4n) is 5.33. The highest BCUT2D eigenvalue weighted by molar-refractivity contribution is 7.89. The van der Waals surface area contributed by atoms with Crippen molar-refractivity contribution in [1.29, 1.82) is 0 Å². The molecule has 0 spiro atoms. The van der Waals surface area contributed by atoms with E-state index in [9.17, 15) is 23.1 Å². The van der Waals surface area contributed by atoms with Crippen molar-refractivity contribution >= 4 is 22.0 Å². The number of rotatable bonds is 14. The van der Waals surface area contributed by atoms with Crippen molar-refractivity contribution in [1.82, 2.24) is 14.5 Å². The maximum atomic E-state index is 13.4. The number of carbonyl (C=O) groups excluding carboxylic acids is 2. The Morgan fingerprint density at radius 3 is 2.33 bits per heavy atom. The van der Waals surface area contributed by atoms with Gasteiger partial charge in [-0.3, -0.25) is 9.52 Å². The molecule has 39 heavy (non-hydrogen) atoms. The fraction of sp³-hybridized carbons (Fsp3) is 0.467. The first-order chi connectivity index (χ1) is 18.6. The molecule has 1 heterocycles. The average molecular weight is 554 g/mol. The van der Waals surface area contributed by atoms with Gasteiger partial charge in [0.25, 0.3) is 0 Å². The third-order valence-electron chi connectivity index (χ3n) is 7.63. The van der Waals surface area contributed by atoms with Gasteiger partial charge in [0.2, 0.25) is 15.9 Å². The van der Waals surface area contributed by atoms with Crippen LogP contribution < -0.4 is 4.72 Å². The average Bonchev–Trinajstić information content (AvgIpc) is 3.61. The van der Waals surface area contributed by atoms with Gasteiger partial charge in [-0.1, -0.05) is 72.8 Å². The molecule has 0 aromatic heterocycles. The molecule has 4 rings (SSSR count). The minimum atomic E-state index is -3.54. The Labute approximate surface area is 231 Å². The number of hydrogen-bond donors (Lipinski definition) is 2. The van der Waals surface area contributed by atoms with Crippen molar-refractivity contribution in [2.75, 3.05) is 19.3 Å². The van der Waals surface area contributed by atoms with Crippen LogP contribution in [-0.2, 0) is 27.8 Å². The molecular weight excluding hydrogens is 514 g/mol. The number of aliphatic hydroxyl groups is 1. The molecule has 1 saturated carbocycles. The number of amides is 3. The number of hydrogen-bond acceptors (Lipinski definition) is 5. The summed E-state index contributed by atoms with van der Waals surface area (Å²) >= 11 is 0. The minimum Gasteiger partial charge on any atom is -0.389 e. The number of nitrogens with zero attached hydrogens (tertiary/aromatic N) is 2. The smallest absolute Gasteiger partial charge is 0.320 e. The minimum absolute atomic E-state index is 0.0107. The molecule has 8 nitrogen and oxygen atoms in total. The Morgan fingerprint density at radius 1 is 1.08 bits per heavy atom. The van der Waals surface area contributed by atoms with E-state index in [1.807, 2.05) is 81.3 Å². The lowest BCUT2D eigenvalue weighted by atomic mass is 9.94. The molecule has 0 radical (unpaired) electrons. The van der Waals surface area contributed by atoms with Crippen molar-refractivity contribution < 1.29 is 23.1 Å². The predicted molar refractivity (Wildman–Crippen MR) is 151 cm³/mol. The molecule has 1 saturated heterocycles. The number of aliphatic hydroxyl groups excluding tert-OH is 1. The van der Waals surface area contributed by atoms with Crippen LogP contribution in [0.5, 0.6) is 0 Å². The molecule has 2 N–H and O–H groups in total. The summed E-state index contributed by atoms with van der Waals surface area (Å²) in [4.78, 5) is 29.1. The zero-order valence-electron chi connectivity index (χ0n) is 22.5. The van der Waals surface area contributed by atoms with Crippen LogP contribution in [0, 0.1) is 5.41 Å². The number of urea groups is 1. The number of nitrogens with one attached hydrogen (secondary N) is 1. The molecule has 1 aliphatic carbocycles. The summed E-state index contributed by atoms with van der Waals surface area (Å²) < 4.78 is 24.6. The van der Waals surface area contributed by atoms with Crippen molar-refractivity contribution in [3.05, 3.63) is 83.9 Å². The van der Waals surface area contributed by atoms with Crippen molar-refractivity contribution in [3.63, 3.8) is 0 Å². The second kappa shape index (κ2) is 12.8. The number of carbonyl (C=O) groups is 2.